The number of fused-ring (bicyclic) bond motifs is 2. The van der Waals surface area contributed by atoms with Gasteiger partial charge in [-0.15, -0.1) is 0 Å². The van der Waals surface area contributed by atoms with Gasteiger partial charge in [0.25, 0.3) is 0 Å². The van der Waals surface area contributed by atoms with E-state index in [-0.39, 0.29) is 5.78 Å². The van der Waals surface area contributed by atoms with Crippen LogP contribution in [0.1, 0.15) is 29.5 Å². The predicted octanol–water partition coefficient (Wildman–Crippen LogP) is 2.62. The second-order valence-corrected chi connectivity index (χ2v) is 4.04. The van der Waals surface area contributed by atoms with Crippen LogP contribution in [-0.2, 0) is 0 Å². The minimum Gasteiger partial charge on any atom is -0.292 e. The number of Topliss-reactive ketones (excluding diaryl/α,β-unsaturated/α-hetero) is 1. The van der Waals surface area contributed by atoms with E-state index in [1.54, 1.807) is 0 Å². The molecule has 0 amide bonds. The van der Waals surface area contributed by atoms with Crippen LogP contribution in [-0.4, -0.2) is 15.8 Å². The molecule has 0 unspecified atom stereocenters. The lowest BCUT2D eigenvalue weighted by Crippen LogP contribution is -2.11. The van der Waals surface area contributed by atoms with Crippen LogP contribution in [0.15, 0.2) is 29.8 Å². The normalized spacial score (nSPS) is 14.8. The van der Waals surface area contributed by atoms with E-state index in [0.29, 0.717) is 17.8 Å². The predicted molar refractivity (Wildman–Crippen MR) is 62.1 cm³/mol. The van der Waals surface area contributed by atoms with E-state index in [0.717, 1.165) is 16.6 Å². The number of ketones is 1. The lowest BCUT2D eigenvalue weighted by atomic mass is 9.99. The van der Waals surface area contributed by atoms with Gasteiger partial charge in [-0.05, 0) is 25.1 Å². The van der Waals surface area contributed by atoms with E-state index in [1.807, 2.05) is 37.3 Å². The van der Waals surface area contributed by atoms with E-state index in [1.165, 1.54) is 0 Å². The Morgan fingerprint density at radius 1 is 1.12 bits per heavy atom. The molecule has 16 heavy (non-hydrogen) atoms. The molecular weight excluding hydrogens is 200 g/mol. The van der Waals surface area contributed by atoms with Crippen LogP contribution >= 0.6 is 0 Å². The smallest absolute Gasteiger partial charge is 0.187 e. The van der Waals surface area contributed by atoms with Crippen LogP contribution in [0.2, 0.25) is 0 Å². The highest BCUT2D eigenvalue weighted by atomic mass is 16.1. The van der Waals surface area contributed by atoms with Gasteiger partial charge >= 0.3 is 0 Å². The number of rotatable bonds is 0. The van der Waals surface area contributed by atoms with Crippen molar-refractivity contribution in [3.05, 3.63) is 41.2 Å². The van der Waals surface area contributed by atoms with Gasteiger partial charge in [-0.3, -0.25) is 4.79 Å². The van der Waals surface area contributed by atoms with Crippen molar-refractivity contribution < 1.29 is 4.79 Å². The first-order chi connectivity index (χ1) is 7.74. The fraction of sp³-hybridized carbons (Fsp3) is 0.154. The Morgan fingerprint density at radius 2 is 1.81 bits per heavy atom. The number of hydrogen-bond donors (Lipinski definition) is 0. The SMILES string of the molecule is CC1=Cc2nc3ccccc3nc2C(=O)C1. The molecule has 3 heteroatoms. The van der Waals surface area contributed by atoms with Crippen LogP contribution < -0.4 is 0 Å². The minimum atomic E-state index is 0.0632. The molecule has 0 aliphatic heterocycles. The summed E-state index contributed by atoms with van der Waals surface area (Å²) < 4.78 is 0. The highest BCUT2D eigenvalue weighted by Crippen LogP contribution is 2.22. The zero-order valence-corrected chi connectivity index (χ0v) is 8.90. The van der Waals surface area contributed by atoms with Crippen molar-refractivity contribution in [3.63, 3.8) is 0 Å². The van der Waals surface area contributed by atoms with Gasteiger partial charge < -0.3 is 0 Å². The van der Waals surface area contributed by atoms with Crippen LogP contribution in [0.4, 0.5) is 0 Å². The van der Waals surface area contributed by atoms with E-state index in [4.69, 9.17) is 0 Å². The maximum absolute atomic E-state index is 11.8. The third-order valence-electron chi connectivity index (χ3n) is 2.68. The third kappa shape index (κ3) is 1.33. The van der Waals surface area contributed by atoms with Gasteiger partial charge in [0, 0.05) is 6.42 Å². The number of para-hydroxylation sites is 2. The molecule has 0 fully saturated rings. The summed E-state index contributed by atoms with van der Waals surface area (Å²) in [4.78, 5) is 20.6. The lowest BCUT2D eigenvalue weighted by molar-refractivity contribution is 0.0986. The fourth-order valence-electron chi connectivity index (χ4n) is 1.94. The molecule has 0 radical (unpaired) electrons. The van der Waals surface area contributed by atoms with Gasteiger partial charge in [0.05, 0.1) is 16.7 Å². The summed E-state index contributed by atoms with van der Waals surface area (Å²) in [5.41, 5.74) is 3.86. The molecule has 1 heterocycles. The maximum Gasteiger partial charge on any atom is 0.187 e. The molecule has 0 saturated carbocycles. The van der Waals surface area contributed by atoms with Gasteiger partial charge in [-0.25, -0.2) is 9.97 Å². The molecule has 78 valence electrons. The van der Waals surface area contributed by atoms with Crippen molar-refractivity contribution in [2.45, 2.75) is 13.3 Å². The van der Waals surface area contributed by atoms with E-state index >= 15 is 0 Å². The first-order valence-electron chi connectivity index (χ1n) is 5.21. The van der Waals surface area contributed by atoms with Crippen LogP contribution in [0.5, 0.6) is 0 Å². The molecule has 1 aliphatic carbocycles. The van der Waals surface area contributed by atoms with Crippen LogP contribution in [0.3, 0.4) is 0 Å². The zero-order chi connectivity index (χ0) is 11.1. The molecule has 1 aliphatic rings. The van der Waals surface area contributed by atoms with Crippen molar-refractivity contribution in [2.24, 2.45) is 0 Å². The Morgan fingerprint density at radius 3 is 2.56 bits per heavy atom. The summed E-state index contributed by atoms with van der Waals surface area (Å²) in [6.07, 6.45) is 2.40. The zero-order valence-electron chi connectivity index (χ0n) is 8.90. The van der Waals surface area contributed by atoms with E-state index in [9.17, 15) is 4.79 Å². The summed E-state index contributed by atoms with van der Waals surface area (Å²) in [5.74, 6) is 0.0632. The van der Waals surface area contributed by atoms with Crippen molar-refractivity contribution in [2.75, 3.05) is 0 Å². The average molecular weight is 210 g/mol. The topological polar surface area (TPSA) is 42.9 Å². The third-order valence-corrected chi connectivity index (χ3v) is 2.68. The van der Waals surface area contributed by atoms with Crippen molar-refractivity contribution in [1.29, 1.82) is 0 Å². The lowest BCUT2D eigenvalue weighted by Gasteiger charge is -2.11. The van der Waals surface area contributed by atoms with Crippen LogP contribution in [0.25, 0.3) is 17.1 Å². The fourth-order valence-corrected chi connectivity index (χ4v) is 1.94. The molecule has 0 spiro atoms. The Labute approximate surface area is 92.8 Å². The highest BCUT2D eigenvalue weighted by molar-refractivity contribution is 6.02. The molecule has 2 aromatic rings. The van der Waals surface area contributed by atoms with Gasteiger partial charge in [0.15, 0.2) is 5.78 Å². The summed E-state index contributed by atoms with van der Waals surface area (Å²) >= 11 is 0. The summed E-state index contributed by atoms with van der Waals surface area (Å²) in [6, 6.07) is 7.61. The van der Waals surface area contributed by atoms with E-state index < -0.39 is 0 Å². The number of nitrogens with zero attached hydrogens (tertiary/aromatic N) is 2. The van der Waals surface area contributed by atoms with Gasteiger partial charge in [0.1, 0.15) is 5.69 Å². The number of allylic oxidation sites excluding steroid dienone is 1. The standard InChI is InChI=1S/C13H10N2O/c1-8-6-11-13(12(16)7-8)15-10-5-3-2-4-9(10)14-11/h2-6H,7H2,1H3. The van der Waals surface area contributed by atoms with Crippen LogP contribution in [0, 0.1) is 0 Å². The largest absolute Gasteiger partial charge is 0.292 e. The molecule has 0 bridgehead atoms. The minimum absolute atomic E-state index is 0.0632. The molecule has 1 aromatic heterocycles. The molecule has 3 rings (SSSR count). The van der Waals surface area contributed by atoms with Crippen molar-refractivity contribution >= 4 is 22.9 Å². The molecule has 1 aromatic carbocycles. The average Bonchev–Trinajstić information content (AvgIpc) is 2.27. The van der Waals surface area contributed by atoms with E-state index in [2.05, 4.69) is 9.97 Å². The molecule has 3 nitrogen and oxygen atoms in total. The number of benzene rings is 1. The molecular formula is C13H10N2O. The van der Waals surface area contributed by atoms with Gasteiger partial charge in [-0.1, -0.05) is 17.7 Å². The van der Waals surface area contributed by atoms with Crippen molar-refractivity contribution in [3.8, 4) is 0 Å². The molecule has 0 saturated heterocycles. The Bertz CT molecular complexity index is 629. The summed E-state index contributed by atoms with van der Waals surface area (Å²) in [6.45, 7) is 1.94. The Balaban J connectivity index is 2.35. The second kappa shape index (κ2) is 3.23. The second-order valence-electron chi connectivity index (χ2n) is 4.04. The van der Waals surface area contributed by atoms with Crippen molar-refractivity contribution in [1.82, 2.24) is 9.97 Å². The summed E-state index contributed by atoms with van der Waals surface area (Å²) in [7, 11) is 0. The van der Waals surface area contributed by atoms with Gasteiger partial charge in [0.2, 0.25) is 0 Å². The monoisotopic (exact) mass is 210 g/mol. The molecule has 0 atom stereocenters. The highest BCUT2D eigenvalue weighted by Gasteiger charge is 2.19. The number of carbonyl (C=O) groups is 1. The Kier molecular flexibility index (Phi) is 1.86. The Hall–Kier alpha value is -2.03. The number of aromatic nitrogens is 2. The maximum atomic E-state index is 11.8. The van der Waals surface area contributed by atoms with Gasteiger partial charge in [-0.2, -0.15) is 0 Å². The first kappa shape index (κ1) is 9.21. The number of hydrogen-bond acceptors (Lipinski definition) is 3. The summed E-state index contributed by atoms with van der Waals surface area (Å²) in [5, 5.41) is 0. The quantitative estimate of drug-likeness (QED) is 0.671. The molecule has 0 N–H and O–H groups in total. The first-order valence-corrected chi connectivity index (χ1v) is 5.21. The number of carbonyl (C=O) groups excluding carboxylic acids is 1.